The van der Waals surface area contributed by atoms with Crippen molar-refractivity contribution in [2.75, 3.05) is 22.9 Å². The number of fused-ring (bicyclic) bond motifs is 1. The van der Waals surface area contributed by atoms with Crippen molar-refractivity contribution >= 4 is 35.0 Å². The number of carbonyl (C=O) groups is 3. The van der Waals surface area contributed by atoms with E-state index in [1.54, 1.807) is 68.1 Å². The molecule has 1 aliphatic heterocycles. The summed E-state index contributed by atoms with van der Waals surface area (Å²) in [7, 11) is 0. The largest absolute Gasteiger partial charge is 0.459 e. The first-order valence-corrected chi connectivity index (χ1v) is 12.2. The second-order valence-corrected chi connectivity index (χ2v) is 9.82. The van der Waals surface area contributed by atoms with Gasteiger partial charge in [-0.1, -0.05) is 54.6 Å². The lowest BCUT2D eigenvalue weighted by Gasteiger charge is -2.27. The third-order valence-corrected chi connectivity index (χ3v) is 5.75. The fourth-order valence-electron chi connectivity index (χ4n) is 4.17. The van der Waals surface area contributed by atoms with Crippen LogP contribution in [0.15, 0.2) is 78.9 Å². The molecule has 9 heteroatoms. The molecule has 2 amide bonds. The van der Waals surface area contributed by atoms with Crippen LogP contribution < -0.4 is 15.1 Å². The zero-order valence-corrected chi connectivity index (χ0v) is 21.5. The molecule has 1 N–H and O–H groups in total. The Hall–Kier alpha value is -4.40. The number of anilines is 3. The highest BCUT2D eigenvalue weighted by molar-refractivity contribution is 6.06. The maximum atomic E-state index is 15.0. The summed E-state index contributed by atoms with van der Waals surface area (Å²) in [5, 5.41) is 2.62. The topological polar surface area (TPSA) is 88.2 Å². The van der Waals surface area contributed by atoms with Gasteiger partial charge in [0.2, 0.25) is 0 Å². The predicted molar refractivity (Wildman–Crippen MR) is 142 cm³/mol. The molecular formula is C29H30FN3O5. The van der Waals surface area contributed by atoms with Crippen molar-refractivity contribution in [2.45, 2.75) is 39.0 Å². The number of esters is 1. The summed E-state index contributed by atoms with van der Waals surface area (Å²) in [5.74, 6) is -1.68. The van der Waals surface area contributed by atoms with E-state index in [9.17, 15) is 18.8 Å². The van der Waals surface area contributed by atoms with Gasteiger partial charge < -0.3 is 19.7 Å². The molecule has 0 fully saturated rings. The van der Waals surface area contributed by atoms with Crippen LogP contribution >= 0.6 is 0 Å². The number of ether oxygens (including phenoxy) is 2. The van der Waals surface area contributed by atoms with E-state index in [1.165, 1.54) is 11.0 Å². The Kier molecular flexibility index (Phi) is 7.95. The van der Waals surface area contributed by atoms with Gasteiger partial charge in [-0.15, -0.1) is 0 Å². The van der Waals surface area contributed by atoms with Gasteiger partial charge in [-0.2, -0.15) is 0 Å². The van der Waals surface area contributed by atoms with Gasteiger partial charge in [-0.3, -0.25) is 14.5 Å². The molecule has 0 saturated heterocycles. The standard InChI is InChI=1S/C29H30FN3O5/c1-29(2,3)38-26(34)18-33-25-16-10-9-15-24(25)32(23-14-8-7-13-21(23)30)17-22(27(33)35)31-28(36)37-19-20-11-5-4-6-12-20/h4-16,22H,17-19H2,1-3H3,(H,31,36). The maximum absolute atomic E-state index is 15.0. The number of nitrogens with one attached hydrogen (secondary N) is 1. The first-order valence-electron chi connectivity index (χ1n) is 12.2. The quantitative estimate of drug-likeness (QED) is 0.464. The van der Waals surface area contributed by atoms with Gasteiger partial charge >= 0.3 is 12.1 Å². The third-order valence-electron chi connectivity index (χ3n) is 5.75. The molecule has 0 aromatic heterocycles. The molecule has 0 saturated carbocycles. The average Bonchev–Trinajstić information content (AvgIpc) is 2.98. The zero-order valence-electron chi connectivity index (χ0n) is 21.5. The highest BCUT2D eigenvalue weighted by atomic mass is 19.1. The van der Waals surface area contributed by atoms with Gasteiger partial charge in [0, 0.05) is 0 Å². The summed E-state index contributed by atoms with van der Waals surface area (Å²) >= 11 is 0. The molecule has 1 atom stereocenters. The number of benzene rings is 3. The van der Waals surface area contributed by atoms with Crippen LogP contribution in [0.5, 0.6) is 0 Å². The first-order chi connectivity index (χ1) is 18.1. The van der Waals surface area contributed by atoms with E-state index in [-0.39, 0.29) is 18.8 Å². The van der Waals surface area contributed by atoms with E-state index in [0.717, 1.165) is 5.56 Å². The summed E-state index contributed by atoms with van der Waals surface area (Å²) < 4.78 is 25.8. The lowest BCUT2D eigenvalue weighted by atomic mass is 10.2. The minimum absolute atomic E-state index is 0.00641. The molecule has 38 heavy (non-hydrogen) atoms. The van der Waals surface area contributed by atoms with Gasteiger partial charge in [0.25, 0.3) is 5.91 Å². The van der Waals surface area contributed by atoms with Crippen LogP contribution in [0.1, 0.15) is 26.3 Å². The number of alkyl carbamates (subject to hydrolysis) is 1. The molecule has 1 aliphatic rings. The maximum Gasteiger partial charge on any atom is 0.408 e. The number of nitrogens with zero attached hydrogens (tertiary/aromatic N) is 2. The fourth-order valence-corrected chi connectivity index (χ4v) is 4.17. The Balaban J connectivity index is 1.67. The highest BCUT2D eigenvalue weighted by Gasteiger charge is 2.37. The molecule has 0 aliphatic carbocycles. The van der Waals surface area contributed by atoms with Gasteiger partial charge in [-0.05, 0) is 50.6 Å². The van der Waals surface area contributed by atoms with Crippen molar-refractivity contribution in [3.05, 3.63) is 90.2 Å². The van der Waals surface area contributed by atoms with Crippen molar-refractivity contribution in [3.8, 4) is 0 Å². The number of rotatable bonds is 6. The Bertz CT molecular complexity index is 1310. The van der Waals surface area contributed by atoms with Crippen molar-refractivity contribution in [1.82, 2.24) is 5.32 Å². The summed E-state index contributed by atoms with van der Waals surface area (Å²) in [4.78, 5) is 42.2. The van der Waals surface area contributed by atoms with E-state index >= 15 is 0 Å². The number of para-hydroxylation sites is 3. The van der Waals surface area contributed by atoms with Crippen LogP contribution in [0.25, 0.3) is 0 Å². The lowest BCUT2D eigenvalue weighted by molar-refractivity contribution is -0.153. The van der Waals surface area contributed by atoms with E-state index < -0.39 is 42.0 Å². The molecule has 8 nitrogen and oxygen atoms in total. The summed E-state index contributed by atoms with van der Waals surface area (Å²) in [6.07, 6.45) is -0.816. The van der Waals surface area contributed by atoms with E-state index in [2.05, 4.69) is 5.32 Å². The predicted octanol–water partition coefficient (Wildman–Crippen LogP) is 4.95. The minimum Gasteiger partial charge on any atom is -0.459 e. The SMILES string of the molecule is CC(C)(C)OC(=O)CN1C(=O)C(NC(=O)OCc2ccccc2)CN(c2ccccc2F)c2ccccc21. The first kappa shape index (κ1) is 26.7. The van der Waals surface area contributed by atoms with Crippen molar-refractivity contribution < 1.29 is 28.2 Å². The Morgan fingerprint density at radius 1 is 0.921 bits per heavy atom. The molecule has 198 valence electrons. The van der Waals surface area contributed by atoms with Crippen LogP contribution in [0.4, 0.5) is 26.2 Å². The Labute approximate surface area is 221 Å². The van der Waals surface area contributed by atoms with E-state index in [0.29, 0.717) is 11.4 Å². The summed E-state index contributed by atoms with van der Waals surface area (Å²) in [6.45, 7) is 4.71. The van der Waals surface area contributed by atoms with Crippen LogP contribution in [-0.2, 0) is 25.7 Å². The second kappa shape index (κ2) is 11.3. The normalized spacial score (nSPS) is 15.4. The van der Waals surface area contributed by atoms with Gasteiger partial charge in [-0.25, -0.2) is 9.18 Å². The molecule has 1 heterocycles. The second-order valence-electron chi connectivity index (χ2n) is 9.82. The van der Waals surface area contributed by atoms with Crippen LogP contribution in [-0.4, -0.2) is 42.7 Å². The van der Waals surface area contributed by atoms with Crippen molar-refractivity contribution in [1.29, 1.82) is 0 Å². The number of hydrogen-bond donors (Lipinski definition) is 1. The number of amides is 2. The van der Waals surface area contributed by atoms with Crippen molar-refractivity contribution in [3.63, 3.8) is 0 Å². The molecule has 3 aromatic carbocycles. The molecule has 0 spiro atoms. The molecule has 1 unspecified atom stereocenters. The smallest absolute Gasteiger partial charge is 0.408 e. The number of carbonyl (C=O) groups excluding carboxylic acids is 3. The molecule has 3 aromatic rings. The minimum atomic E-state index is -1.16. The number of hydrogen-bond acceptors (Lipinski definition) is 6. The molecular weight excluding hydrogens is 489 g/mol. The van der Waals surface area contributed by atoms with E-state index in [4.69, 9.17) is 9.47 Å². The Morgan fingerprint density at radius 2 is 1.53 bits per heavy atom. The van der Waals surface area contributed by atoms with Gasteiger partial charge in [0.1, 0.15) is 30.6 Å². The molecule has 4 rings (SSSR count). The summed E-state index contributed by atoms with van der Waals surface area (Å²) in [5.41, 5.74) is 1.12. The molecule has 0 radical (unpaired) electrons. The van der Waals surface area contributed by atoms with Crippen LogP contribution in [0.3, 0.4) is 0 Å². The van der Waals surface area contributed by atoms with Crippen molar-refractivity contribution in [2.24, 2.45) is 0 Å². The fraction of sp³-hybridized carbons (Fsp3) is 0.276. The highest BCUT2D eigenvalue weighted by Crippen LogP contribution is 2.38. The summed E-state index contributed by atoms with van der Waals surface area (Å²) in [6, 6.07) is 21.0. The third kappa shape index (κ3) is 6.47. The number of halogens is 1. The zero-order chi connectivity index (χ0) is 27.3. The lowest BCUT2D eigenvalue weighted by Crippen LogP contribution is -2.53. The van der Waals surface area contributed by atoms with Crippen LogP contribution in [0.2, 0.25) is 0 Å². The monoisotopic (exact) mass is 519 g/mol. The van der Waals surface area contributed by atoms with E-state index in [1.807, 2.05) is 30.3 Å². The van der Waals surface area contributed by atoms with Gasteiger partial charge in [0.15, 0.2) is 0 Å². The van der Waals surface area contributed by atoms with Gasteiger partial charge in [0.05, 0.1) is 23.6 Å². The molecule has 0 bridgehead atoms. The van der Waals surface area contributed by atoms with Crippen LogP contribution in [0, 0.1) is 5.82 Å². The Morgan fingerprint density at radius 3 is 2.18 bits per heavy atom. The average molecular weight is 520 g/mol.